The number of rotatable bonds is 3. The van der Waals surface area contributed by atoms with Gasteiger partial charge in [-0.3, -0.25) is 0 Å². The van der Waals surface area contributed by atoms with Crippen LogP contribution in [0.1, 0.15) is 0 Å². The number of amides is 1. The topological polar surface area (TPSA) is 56.8 Å². The average Bonchev–Trinajstić information content (AvgIpc) is 2.46. The molecule has 1 N–H and O–H groups in total. The van der Waals surface area contributed by atoms with Crippen LogP contribution in [0, 0.1) is 0 Å². The molecule has 2 aromatic rings. The summed E-state index contributed by atoms with van der Waals surface area (Å²) in [6, 6.07) is 9.12. The van der Waals surface area contributed by atoms with E-state index in [0.29, 0.717) is 17.2 Å². The summed E-state index contributed by atoms with van der Waals surface area (Å²) < 4.78 is 15.9. The highest BCUT2D eigenvalue weighted by Crippen LogP contribution is 2.41. The number of carbonyl (C=O) groups is 1. The first-order valence-corrected chi connectivity index (χ1v) is 5.74. The van der Waals surface area contributed by atoms with E-state index in [9.17, 15) is 4.79 Å². The number of hydrogen-bond acceptors (Lipinski definition) is 4. The number of ether oxygens (including phenoxy) is 3. The smallest absolute Gasteiger partial charge is 0.412 e. The maximum absolute atomic E-state index is 11.4. The molecule has 0 atom stereocenters. The molecule has 0 saturated carbocycles. The highest BCUT2D eigenvalue weighted by atomic mass is 16.6. The maximum Gasteiger partial charge on any atom is 0.412 e. The molecule has 0 aromatic heterocycles. The Labute approximate surface area is 111 Å². The highest BCUT2D eigenvalue weighted by molar-refractivity contribution is 5.96. The van der Waals surface area contributed by atoms with E-state index in [-0.39, 0.29) is 0 Å². The lowest BCUT2D eigenvalue weighted by Gasteiger charge is -2.14. The third kappa shape index (κ3) is 2.40. The molecule has 0 fully saturated rings. The van der Waals surface area contributed by atoms with E-state index in [2.05, 4.69) is 5.32 Å². The molecule has 0 aliphatic rings. The van der Waals surface area contributed by atoms with E-state index in [1.165, 1.54) is 14.2 Å². The molecule has 0 saturated heterocycles. The van der Waals surface area contributed by atoms with E-state index in [0.717, 1.165) is 10.8 Å². The van der Waals surface area contributed by atoms with Crippen LogP contribution in [0.15, 0.2) is 30.3 Å². The third-order valence-electron chi connectivity index (χ3n) is 2.75. The van der Waals surface area contributed by atoms with Crippen LogP contribution in [0.25, 0.3) is 10.8 Å². The van der Waals surface area contributed by atoms with E-state index in [4.69, 9.17) is 14.2 Å². The van der Waals surface area contributed by atoms with Crippen molar-refractivity contribution in [2.75, 3.05) is 21.3 Å². The van der Waals surface area contributed by atoms with Crippen molar-refractivity contribution in [2.24, 2.45) is 0 Å². The molecule has 100 valence electrons. The van der Waals surface area contributed by atoms with Crippen LogP contribution in [0.4, 0.5) is 4.79 Å². The molecule has 5 nitrogen and oxygen atoms in total. The molecule has 0 unspecified atom stereocenters. The normalized spacial score (nSPS) is 10.1. The van der Waals surface area contributed by atoms with Gasteiger partial charge in [0.25, 0.3) is 0 Å². The van der Waals surface area contributed by atoms with Crippen LogP contribution >= 0.6 is 0 Å². The number of hydrogen-bond donors (Lipinski definition) is 1. The molecule has 1 amide bonds. The second kappa shape index (κ2) is 5.48. The van der Waals surface area contributed by atoms with Crippen LogP contribution in [-0.4, -0.2) is 27.4 Å². The van der Waals surface area contributed by atoms with Crippen LogP contribution < -0.4 is 19.5 Å². The van der Waals surface area contributed by atoms with Gasteiger partial charge in [0.15, 0.2) is 11.5 Å². The molecule has 5 heteroatoms. The summed E-state index contributed by atoms with van der Waals surface area (Å²) >= 11 is 0. The highest BCUT2D eigenvalue weighted by Gasteiger charge is 2.15. The number of carbonyl (C=O) groups excluding carboxylic acids is 1. The summed E-state index contributed by atoms with van der Waals surface area (Å²) in [5, 5.41) is 4.01. The second-order valence-corrected chi connectivity index (χ2v) is 3.80. The Morgan fingerprint density at radius 3 is 2.32 bits per heavy atom. The van der Waals surface area contributed by atoms with E-state index in [1.54, 1.807) is 13.2 Å². The van der Waals surface area contributed by atoms with Crippen LogP contribution in [0.3, 0.4) is 0 Å². The Morgan fingerprint density at radius 2 is 1.74 bits per heavy atom. The molecule has 0 radical (unpaired) electrons. The van der Waals surface area contributed by atoms with Crippen molar-refractivity contribution in [3.8, 4) is 17.2 Å². The number of benzene rings is 2. The zero-order valence-electron chi connectivity index (χ0n) is 11.0. The largest absolute Gasteiger partial charge is 0.493 e. The van der Waals surface area contributed by atoms with E-state index in [1.807, 2.05) is 24.3 Å². The SMILES string of the molecule is CNC(=O)Oc1cc(OC)c(OC)c2ccccc12. The van der Waals surface area contributed by atoms with Gasteiger partial charge < -0.3 is 19.5 Å². The van der Waals surface area contributed by atoms with Crippen molar-refractivity contribution < 1.29 is 19.0 Å². The molecule has 0 aliphatic heterocycles. The number of methoxy groups -OCH3 is 2. The van der Waals surface area contributed by atoms with Gasteiger partial charge in [-0.25, -0.2) is 4.79 Å². The Hall–Kier alpha value is -2.43. The minimum absolute atomic E-state index is 0.424. The Morgan fingerprint density at radius 1 is 1.05 bits per heavy atom. The fourth-order valence-corrected chi connectivity index (χ4v) is 1.89. The molecule has 0 spiro atoms. The van der Waals surface area contributed by atoms with Crippen molar-refractivity contribution in [3.05, 3.63) is 30.3 Å². The van der Waals surface area contributed by atoms with Gasteiger partial charge in [-0.05, 0) is 0 Å². The van der Waals surface area contributed by atoms with Crippen LogP contribution in [-0.2, 0) is 0 Å². The fourth-order valence-electron chi connectivity index (χ4n) is 1.89. The molecule has 0 heterocycles. The van der Waals surface area contributed by atoms with Crippen molar-refractivity contribution >= 4 is 16.9 Å². The maximum atomic E-state index is 11.4. The predicted molar refractivity (Wildman–Crippen MR) is 72.1 cm³/mol. The zero-order chi connectivity index (χ0) is 13.8. The lowest BCUT2D eigenvalue weighted by Crippen LogP contribution is -2.22. The van der Waals surface area contributed by atoms with E-state index >= 15 is 0 Å². The lowest BCUT2D eigenvalue weighted by molar-refractivity contribution is 0.203. The zero-order valence-corrected chi connectivity index (χ0v) is 11.0. The van der Waals surface area contributed by atoms with Crippen molar-refractivity contribution in [2.45, 2.75) is 0 Å². The first-order valence-electron chi connectivity index (χ1n) is 5.74. The Bertz CT molecular complexity index is 610. The van der Waals surface area contributed by atoms with Gasteiger partial charge in [-0.2, -0.15) is 0 Å². The van der Waals surface area contributed by atoms with Gasteiger partial charge in [0.1, 0.15) is 5.75 Å². The van der Waals surface area contributed by atoms with Crippen LogP contribution in [0.5, 0.6) is 17.2 Å². The number of nitrogens with one attached hydrogen (secondary N) is 1. The summed E-state index contributed by atoms with van der Waals surface area (Å²) in [7, 11) is 4.62. The lowest BCUT2D eigenvalue weighted by atomic mass is 10.1. The second-order valence-electron chi connectivity index (χ2n) is 3.80. The standard InChI is InChI=1S/C14H15NO4/c1-15-14(16)19-11-8-12(17-2)13(18-3)10-7-5-4-6-9(10)11/h4-8H,1-3H3,(H,15,16). The van der Waals surface area contributed by atoms with Gasteiger partial charge in [0.2, 0.25) is 0 Å². The van der Waals surface area contributed by atoms with Crippen molar-refractivity contribution in [1.82, 2.24) is 5.32 Å². The van der Waals surface area contributed by atoms with Gasteiger partial charge >= 0.3 is 6.09 Å². The first-order chi connectivity index (χ1) is 9.21. The minimum atomic E-state index is -0.530. The van der Waals surface area contributed by atoms with Crippen LogP contribution in [0.2, 0.25) is 0 Å². The van der Waals surface area contributed by atoms with Crippen molar-refractivity contribution in [1.29, 1.82) is 0 Å². The molecular formula is C14H15NO4. The summed E-state index contributed by atoms with van der Waals surface area (Å²) in [6.45, 7) is 0. The Balaban J connectivity index is 2.66. The first kappa shape index (κ1) is 13.0. The van der Waals surface area contributed by atoms with Gasteiger partial charge in [0.05, 0.1) is 14.2 Å². The molecule has 2 rings (SSSR count). The Kier molecular flexibility index (Phi) is 3.75. The molecular weight excluding hydrogens is 246 g/mol. The van der Waals surface area contributed by atoms with Crippen molar-refractivity contribution in [3.63, 3.8) is 0 Å². The average molecular weight is 261 g/mol. The quantitative estimate of drug-likeness (QED) is 0.922. The van der Waals surface area contributed by atoms with Gasteiger partial charge in [0, 0.05) is 23.9 Å². The summed E-state index contributed by atoms with van der Waals surface area (Å²) in [5.41, 5.74) is 0. The van der Waals surface area contributed by atoms with Gasteiger partial charge in [-0.1, -0.05) is 24.3 Å². The van der Waals surface area contributed by atoms with E-state index < -0.39 is 6.09 Å². The number of fused-ring (bicyclic) bond motifs is 1. The fraction of sp³-hybridized carbons (Fsp3) is 0.214. The molecule has 2 aromatic carbocycles. The monoisotopic (exact) mass is 261 g/mol. The minimum Gasteiger partial charge on any atom is -0.493 e. The molecule has 19 heavy (non-hydrogen) atoms. The molecule has 0 aliphatic carbocycles. The van der Waals surface area contributed by atoms with Gasteiger partial charge in [-0.15, -0.1) is 0 Å². The summed E-state index contributed by atoms with van der Waals surface area (Å²) in [4.78, 5) is 11.4. The predicted octanol–water partition coefficient (Wildman–Crippen LogP) is 2.58. The third-order valence-corrected chi connectivity index (χ3v) is 2.75. The molecule has 0 bridgehead atoms. The summed E-state index contributed by atoms with van der Waals surface area (Å²) in [6.07, 6.45) is -0.530. The summed E-state index contributed by atoms with van der Waals surface area (Å²) in [5.74, 6) is 1.55.